The summed E-state index contributed by atoms with van der Waals surface area (Å²) in [4.78, 5) is 0. The molecule has 0 amide bonds. The Morgan fingerprint density at radius 2 is 1.89 bits per heavy atom. The van der Waals surface area contributed by atoms with E-state index in [-0.39, 0.29) is 0 Å². The Hall–Kier alpha value is -1.02. The van der Waals surface area contributed by atoms with Crippen LogP contribution in [0.2, 0.25) is 0 Å². The molecule has 1 unspecified atom stereocenters. The molecule has 2 heteroatoms. The fraction of sp³-hybridized carbons (Fsp3) is 0.625. The van der Waals surface area contributed by atoms with E-state index in [0.717, 1.165) is 37.0 Å². The third kappa shape index (κ3) is 2.86. The molecule has 0 radical (unpaired) electrons. The van der Waals surface area contributed by atoms with Crippen molar-refractivity contribution in [3.05, 3.63) is 29.8 Å². The van der Waals surface area contributed by atoms with Gasteiger partial charge in [0.25, 0.3) is 0 Å². The summed E-state index contributed by atoms with van der Waals surface area (Å²) >= 11 is 0. The van der Waals surface area contributed by atoms with Crippen molar-refractivity contribution in [3.63, 3.8) is 0 Å². The van der Waals surface area contributed by atoms with Crippen molar-refractivity contribution in [1.29, 1.82) is 0 Å². The van der Waals surface area contributed by atoms with E-state index in [1.807, 2.05) is 24.3 Å². The van der Waals surface area contributed by atoms with E-state index in [4.69, 9.17) is 4.74 Å². The van der Waals surface area contributed by atoms with E-state index in [9.17, 15) is 5.11 Å². The molecule has 1 aromatic rings. The second-order valence-corrected chi connectivity index (χ2v) is 6.28. The van der Waals surface area contributed by atoms with Crippen LogP contribution < -0.4 is 4.74 Å². The maximum Gasteiger partial charge on any atom is 0.119 e. The van der Waals surface area contributed by atoms with E-state index in [2.05, 4.69) is 13.8 Å². The van der Waals surface area contributed by atoms with Gasteiger partial charge in [-0.3, -0.25) is 0 Å². The summed E-state index contributed by atoms with van der Waals surface area (Å²) in [6, 6.07) is 7.87. The molecule has 1 aliphatic rings. The van der Waals surface area contributed by atoms with E-state index in [1.54, 1.807) is 7.11 Å². The van der Waals surface area contributed by atoms with Crippen molar-refractivity contribution in [1.82, 2.24) is 0 Å². The van der Waals surface area contributed by atoms with E-state index in [1.165, 1.54) is 6.42 Å². The van der Waals surface area contributed by atoms with Gasteiger partial charge in [-0.1, -0.05) is 26.0 Å². The first-order valence-corrected chi connectivity index (χ1v) is 6.82. The zero-order valence-electron chi connectivity index (χ0n) is 11.7. The standard InChI is InChI=1S/C16H24O2/c1-15(2)8-5-9-16(17,11-10-15)13-6-4-7-14(12-13)18-3/h4,6-7,12,17H,5,8-11H2,1-3H3. The monoisotopic (exact) mass is 248 g/mol. The molecule has 1 N–H and O–H groups in total. The molecule has 0 aliphatic heterocycles. The molecule has 2 rings (SSSR count). The van der Waals surface area contributed by atoms with Gasteiger partial charge >= 0.3 is 0 Å². The molecule has 0 spiro atoms. The number of benzene rings is 1. The maximum absolute atomic E-state index is 10.9. The van der Waals surface area contributed by atoms with Gasteiger partial charge in [0.2, 0.25) is 0 Å². The van der Waals surface area contributed by atoms with Crippen LogP contribution in [-0.2, 0) is 5.60 Å². The van der Waals surface area contributed by atoms with Crippen LogP contribution in [0.5, 0.6) is 5.75 Å². The van der Waals surface area contributed by atoms with Crippen molar-refractivity contribution in [2.24, 2.45) is 5.41 Å². The lowest BCUT2D eigenvalue weighted by Gasteiger charge is -2.28. The molecule has 0 bridgehead atoms. The average Bonchev–Trinajstić information content (AvgIpc) is 2.50. The van der Waals surface area contributed by atoms with Gasteiger partial charge < -0.3 is 9.84 Å². The summed E-state index contributed by atoms with van der Waals surface area (Å²) in [6.45, 7) is 4.59. The normalized spacial score (nSPS) is 27.6. The largest absolute Gasteiger partial charge is 0.497 e. The van der Waals surface area contributed by atoms with Crippen LogP contribution in [0.15, 0.2) is 24.3 Å². The molecule has 2 nitrogen and oxygen atoms in total. The molecule has 100 valence electrons. The Kier molecular flexibility index (Phi) is 3.67. The smallest absolute Gasteiger partial charge is 0.119 e. The summed E-state index contributed by atoms with van der Waals surface area (Å²) in [6.07, 6.45) is 5.04. The summed E-state index contributed by atoms with van der Waals surface area (Å²) in [5, 5.41) is 10.9. The number of hydrogen-bond acceptors (Lipinski definition) is 2. The molecule has 0 saturated heterocycles. The lowest BCUT2D eigenvalue weighted by atomic mass is 9.82. The van der Waals surface area contributed by atoms with E-state index in [0.29, 0.717) is 5.41 Å². The van der Waals surface area contributed by atoms with Gasteiger partial charge in [0.1, 0.15) is 5.75 Å². The first-order chi connectivity index (χ1) is 8.45. The first kappa shape index (κ1) is 13.4. The molecule has 0 heterocycles. The van der Waals surface area contributed by atoms with Crippen molar-refractivity contribution in [2.45, 2.75) is 51.6 Å². The molecule has 1 atom stereocenters. The minimum atomic E-state index is -0.678. The second-order valence-electron chi connectivity index (χ2n) is 6.28. The second kappa shape index (κ2) is 4.93. The first-order valence-electron chi connectivity index (χ1n) is 6.82. The Bertz CT molecular complexity index is 411. The van der Waals surface area contributed by atoms with Gasteiger partial charge in [0.05, 0.1) is 12.7 Å². The van der Waals surface area contributed by atoms with Crippen molar-refractivity contribution >= 4 is 0 Å². The molecule has 1 aliphatic carbocycles. The van der Waals surface area contributed by atoms with E-state index < -0.39 is 5.60 Å². The third-order valence-corrected chi connectivity index (χ3v) is 4.27. The van der Waals surface area contributed by atoms with Crippen LogP contribution in [0.3, 0.4) is 0 Å². The minimum absolute atomic E-state index is 0.351. The number of ether oxygens (including phenoxy) is 1. The van der Waals surface area contributed by atoms with Crippen molar-refractivity contribution < 1.29 is 9.84 Å². The fourth-order valence-corrected chi connectivity index (χ4v) is 2.86. The van der Waals surface area contributed by atoms with Crippen LogP contribution in [0.4, 0.5) is 0 Å². The third-order valence-electron chi connectivity index (χ3n) is 4.27. The SMILES string of the molecule is COc1cccc(C2(O)CCCC(C)(C)CC2)c1. The number of methoxy groups -OCH3 is 1. The Labute approximate surface area is 110 Å². The molecular formula is C16H24O2. The summed E-state index contributed by atoms with van der Waals surface area (Å²) in [5.41, 5.74) is 0.672. The quantitative estimate of drug-likeness (QED) is 0.805. The van der Waals surface area contributed by atoms with Gasteiger partial charge in [-0.05, 0) is 55.2 Å². The highest BCUT2D eigenvalue weighted by Gasteiger charge is 2.35. The van der Waals surface area contributed by atoms with E-state index >= 15 is 0 Å². The van der Waals surface area contributed by atoms with Crippen LogP contribution >= 0.6 is 0 Å². The Balaban J connectivity index is 2.24. The van der Waals surface area contributed by atoms with Gasteiger partial charge in [0.15, 0.2) is 0 Å². The summed E-state index contributed by atoms with van der Waals surface area (Å²) < 4.78 is 5.25. The van der Waals surface area contributed by atoms with Crippen LogP contribution in [-0.4, -0.2) is 12.2 Å². The highest BCUT2D eigenvalue weighted by molar-refractivity contribution is 5.32. The Morgan fingerprint density at radius 1 is 1.11 bits per heavy atom. The molecule has 18 heavy (non-hydrogen) atoms. The van der Waals surface area contributed by atoms with Crippen LogP contribution in [0.25, 0.3) is 0 Å². The van der Waals surface area contributed by atoms with Crippen molar-refractivity contribution in [3.8, 4) is 5.75 Å². The van der Waals surface area contributed by atoms with Crippen LogP contribution in [0, 0.1) is 5.41 Å². The molecule has 1 saturated carbocycles. The van der Waals surface area contributed by atoms with Gasteiger partial charge in [0, 0.05) is 0 Å². The summed E-state index contributed by atoms with van der Waals surface area (Å²) in [5.74, 6) is 0.824. The highest BCUT2D eigenvalue weighted by atomic mass is 16.5. The number of hydrogen-bond donors (Lipinski definition) is 1. The minimum Gasteiger partial charge on any atom is -0.497 e. The van der Waals surface area contributed by atoms with Gasteiger partial charge in [-0.25, -0.2) is 0 Å². The summed E-state index contributed by atoms with van der Waals surface area (Å²) in [7, 11) is 1.67. The molecular weight excluding hydrogens is 224 g/mol. The van der Waals surface area contributed by atoms with Crippen LogP contribution in [0.1, 0.15) is 51.5 Å². The Morgan fingerprint density at radius 3 is 2.61 bits per heavy atom. The average molecular weight is 248 g/mol. The zero-order valence-corrected chi connectivity index (χ0v) is 11.7. The lowest BCUT2D eigenvalue weighted by molar-refractivity contribution is 0.0178. The lowest BCUT2D eigenvalue weighted by Crippen LogP contribution is -2.25. The molecule has 0 aromatic heterocycles. The van der Waals surface area contributed by atoms with Gasteiger partial charge in [-0.15, -0.1) is 0 Å². The molecule has 1 fully saturated rings. The maximum atomic E-state index is 10.9. The number of aliphatic hydroxyl groups is 1. The topological polar surface area (TPSA) is 29.5 Å². The fourth-order valence-electron chi connectivity index (χ4n) is 2.86. The van der Waals surface area contributed by atoms with Crippen molar-refractivity contribution in [2.75, 3.05) is 7.11 Å². The van der Waals surface area contributed by atoms with Gasteiger partial charge in [-0.2, -0.15) is 0 Å². The predicted octanol–water partition coefficient (Wildman–Crippen LogP) is 3.87. The highest BCUT2D eigenvalue weighted by Crippen LogP contribution is 2.43. The predicted molar refractivity (Wildman–Crippen MR) is 73.8 cm³/mol. The number of rotatable bonds is 2. The molecule has 1 aromatic carbocycles. The zero-order chi connectivity index (χ0) is 13.2.